The molecule has 3 rings (SSSR count). The topological polar surface area (TPSA) is 55.3 Å². The second kappa shape index (κ2) is 4.51. The minimum atomic E-state index is -0.427. The summed E-state index contributed by atoms with van der Waals surface area (Å²) in [5.41, 5.74) is 14.3. The number of nitrogen functional groups attached to an aromatic ring is 1. The maximum atomic E-state index is 6.64. The van der Waals surface area contributed by atoms with Gasteiger partial charge in [-0.1, -0.05) is 30.3 Å². The van der Waals surface area contributed by atoms with Crippen LogP contribution in [0.4, 0.5) is 5.69 Å². The molecule has 0 spiro atoms. The minimum Gasteiger partial charge on any atom is -0.398 e. The van der Waals surface area contributed by atoms with E-state index in [0.29, 0.717) is 0 Å². The molecular weight excluding hydrogens is 234 g/mol. The molecule has 1 saturated heterocycles. The molecule has 0 amide bonds. The van der Waals surface area contributed by atoms with Crippen molar-refractivity contribution in [1.82, 2.24) is 4.90 Å². The van der Waals surface area contributed by atoms with E-state index in [1.54, 1.807) is 0 Å². The molecule has 1 heterocycles. The van der Waals surface area contributed by atoms with Crippen molar-refractivity contribution in [3.05, 3.63) is 42.0 Å². The van der Waals surface area contributed by atoms with Gasteiger partial charge in [0.1, 0.15) is 0 Å². The van der Waals surface area contributed by atoms with E-state index in [1.165, 1.54) is 23.8 Å². The molecule has 4 N–H and O–H groups in total. The zero-order chi connectivity index (χ0) is 13.5. The fourth-order valence-electron chi connectivity index (χ4n) is 3.12. The number of nitrogens with zero attached hydrogens (tertiary/aromatic N) is 1. The van der Waals surface area contributed by atoms with Crippen LogP contribution in [0.1, 0.15) is 25.3 Å². The average Bonchev–Trinajstić information content (AvgIpc) is 2.94. The Morgan fingerprint density at radius 3 is 2.32 bits per heavy atom. The van der Waals surface area contributed by atoms with Crippen LogP contribution < -0.4 is 11.5 Å². The molecule has 1 aliphatic rings. The van der Waals surface area contributed by atoms with E-state index < -0.39 is 5.66 Å². The monoisotopic (exact) mass is 255 g/mol. The average molecular weight is 255 g/mol. The van der Waals surface area contributed by atoms with Gasteiger partial charge in [0.15, 0.2) is 0 Å². The van der Waals surface area contributed by atoms with Crippen molar-refractivity contribution in [2.75, 3.05) is 18.8 Å². The van der Waals surface area contributed by atoms with E-state index in [9.17, 15) is 0 Å². The molecule has 0 unspecified atom stereocenters. The number of likely N-dealkylation sites (tertiary alicyclic amines) is 1. The molecule has 0 saturated carbocycles. The molecule has 1 atom stereocenters. The maximum Gasteiger partial charge on any atom is 0.0926 e. The van der Waals surface area contributed by atoms with Gasteiger partial charge in [-0.15, -0.1) is 0 Å². The SMILES string of the molecule is C[C@](N)(c1ccc(N)c2ccccc12)N1CCCC1. The van der Waals surface area contributed by atoms with Gasteiger partial charge < -0.3 is 11.5 Å². The molecule has 0 bridgehead atoms. The van der Waals surface area contributed by atoms with Crippen LogP contribution in [0.2, 0.25) is 0 Å². The lowest BCUT2D eigenvalue weighted by Crippen LogP contribution is -2.49. The predicted octanol–water partition coefficient (Wildman–Crippen LogP) is 2.65. The summed E-state index contributed by atoms with van der Waals surface area (Å²) >= 11 is 0. The Bertz CT molecular complexity index is 598. The molecule has 3 nitrogen and oxygen atoms in total. The minimum absolute atomic E-state index is 0.427. The quantitative estimate of drug-likeness (QED) is 0.811. The largest absolute Gasteiger partial charge is 0.398 e. The van der Waals surface area contributed by atoms with Gasteiger partial charge in [0.25, 0.3) is 0 Å². The molecule has 19 heavy (non-hydrogen) atoms. The summed E-state index contributed by atoms with van der Waals surface area (Å²) in [4.78, 5) is 2.37. The Hall–Kier alpha value is -1.58. The van der Waals surface area contributed by atoms with Crippen molar-refractivity contribution in [2.24, 2.45) is 5.73 Å². The van der Waals surface area contributed by atoms with Crippen molar-refractivity contribution < 1.29 is 0 Å². The van der Waals surface area contributed by atoms with Crippen molar-refractivity contribution in [1.29, 1.82) is 0 Å². The van der Waals surface area contributed by atoms with Crippen LogP contribution in [0.25, 0.3) is 10.8 Å². The number of rotatable bonds is 2. The van der Waals surface area contributed by atoms with Gasteiger partial charge in [-0.2, -0.15) is 0 Å². The van der Waals surface area contributed by atoms with Gasteiger partial charge >= 0.3 is 0 Å². The smallest absolute Gasteiger partial charge is 0.0926 e. The molecular formula is C16H21N3. The molecule has 0 aliphatic carbocycles. The Morgan fingerprint density at radius 2 is 1.63 bits per heavy atom. The number of hydrogen-bond acceptors (Lipinski definition) is 3. The molecule has 100 valence electrons. The number of fused-ring (bicyclic) bond motifs is 1. The van der Waals surface area contributed by atoms with Crippen LogP contribution >= 0.6 is 0 Å². The summed E-state index contributed by atoms with van der Waals surface area (Å²) in [5, 5.41) is 2.26. The summed E-state index contributed by atoms with van der Waals surface area (Å²) in [6, 6.07) is 12.3. The van der Waals surface area contributed by atoms with E-state index in [1.807, 2.05) is 18.2 Å². The van der Waals surface area contributed by atoms with Gasteiger partial charge in [0.05, 0.1) is 5.66 Å². The third-order valence-corrected chi connectivity index (χ3v) is 4.27. The van der Waals surface area contributed by atoms with Gasteiger partial charge in [-0.3, -0.25) is 4.90 Å². The van der Waals surface area contributed by atoms with Gasteiger partial charge in [0.2, 0.25) is 0 Å². The summed E-state index contributed by atoms with van der Waals surface area (Å²) in [6.45, 7) is 4.26. The van der Waals surface area contributed by atoms with Gasteiger partial charge in [-0.25, -0.2) is 0 Å². The molecule has 2 aromatic carbocycles. The van der Waals surface area contributed by atoms with Crippen molar-refractivity contribution >= 4 is 16.5 Å². The summed E-state index contributed by atoms with van der Waals surface area (Å²) in [6.07, 6.45) is 2.47. The normalized spacial score (nSPS) is 19.7. The first-order chi connectivity index (χ1) is 9.10. The Balaban J connectivity index is 2.17. The lowest BCUT2D eigenvalue weighted by Gasteiger charge is -2.36. The molecule has 0 aromatic heterocycles. The van der Waals surface area contributed by atoms with Crippen LogP contribution in [0, 0.1) is 0 Å². The highest BCUT2D eigenvalue weighted by atomic mass is 15.3. The molecule has 3 heteroatoms. The summed E-state index contributed by atoms with van der Waals surface area (Å²) < 4.78 is 0. The van der Waals surface area contributed by atoms with Crippen molar-refractivity contribution in [3.8, 4) is 0 Å². The number of nitrogens with two attached hydrogens (primary N) is 2. The highest BCUT2D eigenvalue weighted by Gasteiger charge is 2.32. The number of benzene rings is 2. The first kappa shape index (κ1) is 12.5. The molecule has 1 fully saturated rings. The second-order valence-corrected chi connectivity index (χ2v) is 5.59. The lowest BCUT2D eigenvalue weighted by atomic mass is 9.93. The van der Waals surface area contributed by atoms with Crippen LogP contribution in [-0.2, 0) is 5.66 Å². The lowest BCUT2D eigenvalue weighted by molar-refractivity contribution is 0.143. The van der Waals surface area contributed by atoms with Gasteiger partial charge in [0, 0.05) is 24.2 Å². The summed E-state index contributed by atoms with van der Waals surface area (Å²) in [5.74, 6) is 0. The number of hydrogen-bond donors (Lipinski definition) is 2. The first-order valence-corrected chi connectivity index (χ1v) is 6.92. The third kappa shape index (κ3) is 1.99. The molecule has 0 radical (unpaired) electrons. The van der Waals surface area contributed by atoms with E-state index >= 15 is 0 Å². The van der Waals surface area contributed by atoms with Crippen molar-refractivity contribution in [3.63, 3.8) is 0 Å². The zero-order valence-corrected chi connectivity index (χ0v) is 11.4. The Morgan fingerprint density at radius 1 is 1.00 bits per heavy atom. The maximum absolute atomic E-state index is 6.64. The fourth-order valence-corrected chi connectivity index (χ4v) is 3.12. The van der Waals surface area contributed by atoms with E-state index in [4.69, 9.17) is 11.5 Å². The standard InChI is InChI=1S/C16H21N3/c1-16(18,19-10-4-5-11-19)14-8-9-15(17)13-7-3-2-6-12(13)14/h2-3,6-9H,4-5,10-11,17-18H2,1H3/t16-/m1/s1. The van der Waals surface area contributed by atoms with Crippen LogP contribution in [-0.4, -0.2) is 18.0 Å². The van der Waals surface area contributed by atoms with E-state index in [0.717, 1.165) is 24.2 Å². The second-order valence-electron chi connectivity index (χ2n) is 5.59. The highest BCUT2D eigenvalue weighted by Crippen LogP contribution is 2.34. The fraction of sp³-hybridized carbons (Fsp3) is 0.375. The Labute approximate surface area is 114 Å². The predicted molar refractivity (Wildman–Crippen MR) is 80.7 cm³/mol. The van der Waals surface area contributed by atoms with Crippen LogP contribution in [0.3, 0.4) is 0 Å². The first-order valence-electron chi connectivity index (χ1n) is 6.92. The molecule has 1 aliphatic heterocycles. The Kier molecular flexibility index (Phi) is 2.96. The third-order valence-electron chi connectivity index (χ3n) is 4.27. The van der Waals surface area contributed by atoms with Crippen LogP contribution in [0.5, 0.6) is 0 Å². The van der Waals surface area contributed by atoms with E-state index in [-0.39, 0.29) is 0 Å². The molecule has 2 aromatic rings. The number of anilines is 1. The summed E-state index contributed by atoms with van der Waals surface area (Å²) in [7, 11) is 0. The van der Waals surface area contributed by atoms with Gasteiger partial charge in [-0.05, 0) is 36.8 Å². The van der Waals surface area contributed by atoms with Crippen LogP contribution in [0.15, 0.2) is 36.4 Å². The zero-order valence-electron chi connectivity index (χ0n) is 11.4. The van der Waals surface area contributed by atoms with E-state index in [2.05, 4.69) is 30.0 Å². The highest BCUT2D eigenvalue weighted by molar-refractivity contribution is 5.95. The van der Waals surface area contributed by atoms with Crippen molar-refractivity contribution in [2.45, 2.75) is 25.4 Å².